The molecule has 0 unspecified atom stereocenters. The summed E-state index contributed by atoms with van der Waals surface area (Å²) in [4.78, 5) is 0.198. The Morgan fingerprint density at radius 1 is 1.00 bits per heavy atom. The first-order chi connectivity index (χ1) is 14.0. The molecular weight excluding hydrogens is 414 g/mol. The zero-order valence-electron chi connectivity index (χ0n) is 16.0. The van der Waals surface area contributed by atoms with E-state index in [2.05, 4.69) is 0 Å². The van der Waals surface area contributed by atoms with Gasteiger partial charge in [-0.25, -0.2) is 8.42 Å². The van der Waals surface area contributed by atoms with Gasteiger partial charge in [0.25, 0.3) is 0 Å². The third kappa shape index (κ3) is 5.76. The molecule has 0 saturated carbocycles. The number of rotatable bonds is 10. The van der Waals surface area contributed by atoms with Crippen LogP contribution in [0.1, 0.15) is 12.2 Å². The van der Waals surface area contributed by atoms with Gasteiger partial charge in [-0.1, -0.05) is 11.6 Å². The molecule has 154 valence electrons. The van der Waals surface area contributed by atoms with E-state index in [4.69, 9.17) is 25.5 Å². The van der Waals surface area contributed by atoms with Gasteiger partial charge in [0, 0.05) is 11.6 Å². The Bertz CT molecular complexity index is 987. The van der Waals surface area contributed by atoms with Crippen LogP contribution in [0.5, 0.6) is 11.5 Å². The fraction of sp³-hybridized carbons (Fsp3) is 0.238. The molecule has 0 spiro atoms. The number of benzene rings is 2. The molecule has 0 aliphatic rings. The van der Waals surface area contributed by atoms with Crippen LogP contribution >= 0.6 is 11.6 Å². The van der Waals surface area contributed by atoms with Crippen LogP contribution in [-0.2, 0) is 16.6 Å². The van der Waals surface area contributed by atoms with Crippen LogP contribution in [0.2, 0.25) is 5.02 Å². The van der Waals surface area contributed by atoms with E-state index in [-0.39, 0.29) is 18.0 Å². The number of ether oxygens (including phenoxy) is 2. The van der Waals surface area contributed by atoms with E-state index in [1.807, 2.05) is 0 Å². The lowest BCUT2D eigenvalue weighted by Gasteiger charge is -2.21. The highest BCUT2D eigenvalue weighted by Gasteiger charge is 2.25. The number of halogens is 1. The molecule has 0 radical (unpaired) electrons. The van der Waals surface area contributed by atoms with Crippen molar-refractivity contribution in [2.45, 2.75) is 17.9 Å². The van der Waals surface area contributed by atoms with E-state index < -0.39 is 10.0 Å². The molecule has 6 nitrogen and oxygen atoms in total. The zero-order valence-corrected chi connectivity index (χ0v) is 17.5. The Hall–Kier alpha value is -2.48. The molecule has 0 saturated heterocycles. The van der Waals surface area contributed by atoms with Crippen molar-refractivity contribution in [3.05, 3.63) is 77.7 Å². The SMILES string of the molecule is COc1ccc(S(=O)(=O)N(CCCOc2ccc(Cl)cc2)Cc2ccco2)cc1. The minimum absolute atomic E-state index is 0.141. The summed E-state index contributed by atoms with van der Waals surface area (Å²) in [5, 5.41) is 0.632. The third-order valence-corrected chi connectivity index (χ3v) is 6.36. The van der Waals surface area contributed by atoms with Gasteiger partial charge in [-0.15, -0.1) is 0 Å². The van der Waals surface area contributed by atoms with Gasteiger partial charge >= 0.3 is 0 Å². The molecule has 0 amide bonds. The number of sulfonamides is 1. The average molecular weight is 436 g/mol. The fourth-order valence-corrected chi connectivity index (χ4v) is 4.29. The minimum atomic E-state index is -3.71. The quantitative estimate of drug-likeness (QED) is 0.435. The van der Waals surface area contributed by atoms with E-state index in [1.54, 1.807) is 48.5 Å². The summed E-state index contributed by atoms with van der Waals surface area (Å²) in [6, 6.07) is 16.8. The van der Waals surface area contributed by atoms with E-state index in [9.17, 15) is 8.42 Å². The van der Waals surface area contributed by atoms with Crippen LogP contribution in [0.3, 0.4) is 0 Å². The van der Waals surface area contributed by atoms with Crippen molar-refractivity contribution in [1.82, 2.24) is 4.31 Å². The summed E-state index contributed by atoms with van der Waals surface area (Å²) < 4.78 is 43.8. The maximum atomic E-state index is 13.1. The van der Waals surface area contributed by atoms with Crippen LogP contribution in [-0.4, -0.2) is 33.0 Å². The van der Waals surface area contributed by atoms with Crippen molar-refractivity contribution < 1.29 is 22.3 Å². The van der Waals surface area contributed by atoms with E-state index >= 15 is 0 Å². The molecule has 3 rings (SSSR count). The second-order valence-corrected chi connectivity index (χ2v) is 8.62. The summed E-state index contributed by atoms with van der Waals surface area (Å²) in [7, 11) is -2.17. The molecule has 1 aromatic heterocycles. The van der Waals surface area contributed by atoms with Gasteiger partial charge in [0.1, 0.15) is 17.3 Å². The van der Waals surface area contributed by atoms with Crippen molar-refractivity contribution in [2.75, 3.05) is 20.3 Å². The lowest BCUT2D eigenvalue weighted by Crippen LogP contribution is -2.32. The normalized spacial score (nSPS) is 11.6. The fourth-order valence-electron chi connectivity index (χ4n) is 2.72. The Labute approximate surface area is 175 Å². The third-order valence-electron chi connectivity index (χ3n) is 4.24. The predicted molar refractivity (Wildman–Crippen MR) is 111 cm³/mol. The molecule has 29 heavy (non-hydrogen) atoms. The van der Waals surface area contributed by atoms with Crippen molar-refractivity contribution in [2.24, 2.45) is 0 Å². The number of hydrogen-bond donors (Lipinski definition) is 0. The molecule has 2 aromatic carbocycles. The lowest BCUT2D eigenvalue weighted by atomic mass is 10.3. The first-order valence-corrected chi connectivity index (χ1v) is 10.9. The topological polar surface area (TPSA) is 69.0 Å². The van der Waals surface area contributed by atoms with Crippen LogP contribution in [0.15, 0.2) is 76.2 Å². The molecule has 1 heterocycles. The molecule has 0 bridgehead atoms. The van der Waals surface area contributed by atoms with Gasteiger partial charge in [-0.3, -0.25) is 0 Å². The van der Waals surface area contributed by atoms with Crippen molar-refractivity contribution >= 4 is 21.6 Å². The summed E-state index contributed by atoms with van der Waals surface area (Å²) >= 11 is 5.86. The molecule has 0 N–H and O–H groups in total. The molecule has 0 aliphatic carbocycles. The molecular formula is C21H22ClNO5S. The standard InChI is InChI=1S/C21H22ClNO5S/c1-26-18-9-11-21(12-10-18)29(24,25)23(16-20-4-2-14-28-20)13-3-15-27-19-7-5-17(22)6-8-19/h2,4-12,14H,3,13,15-16H2,1H3. The largest absolute Gasteiger partial charge is 0.497 e. The molecule has 3 aromatic rings. The predicted octanol–water partition coefficient (Wildman–Crippen LogP) is 4.60. The highest BCUT2D eigenvalue weighted by molar-refractivity contribution is 7.89. The smallest absolute Gasteiger partial charge is 0.243 e. The minimum Gasteiger partial charge on any atom is -0.497 e. The van der Waals surface area contributed by atoms with E-state index in [0.717, 1.165) is 0 Å². The van der Waals surface area contributed by atoms with E-state index in [0.29, 0.717) is 35.3 Å². The van der Waals surface area contributed by atoms with Crippen molar-refractivity contribution in [1.29, 1.82) is 0 Å². The Kier molecular flexibility index (Phi) is 7.19. The Morgan fingerprint density at radius 3 is 2.31 bits per heavy atom. The van der Waals surface area contributed by atoms with Crippen LogP contribution in [0, 0.1) is 0 Å². The summed E-state index contributed by atoms with van der Waals surface area (Å²) in [6.07, 6.45) is 2.04. The second-order valence-electron chi connectivity index (χ2n) is 6.25. The van der Waals surface area contributed by atoms with Crippen LogP contribution in [0.4, 0.5) is 0 Å². The average Bonchev–Trinajstić information content (AvgIpc) is 3.25. The Balaban J connectivity index is 1.68. The maximum absolute atomic E-state index is 13.1. The van der Waals surface area contributed by atoms with E-state index in [1.165, 1.54) is 29.8 Å². The van der Waals surface area contributed by atoms with Crippen molar-refractivity contribution in [3.63, 3.8) is 0 Å². The summed E-state index contributed by atoms with van der Waals surface area (Å²) in [6.45, 7) is 0.791. The Morgan fingerprint density at radius 2 is 1.69 bits per heavy atom. The van der Waals surface area contributed by atoms with Gasteiger partial charge < -0.3 is 13.9 Å². The molecule has 0 aliphatic heterocycles. The van der Waals surface area contributed by atoms with Gasteiger partial charge in [0.05, 0.1) is 31.4 Å². The van der Waals surface area contributed by atoms with Crippen LogP contribution < -0.4 is 9.47 Å². The van der Waals surface area contributed by atoms with Gasteiger partial charge in [0.2, 0.25) is 10.0 Å². The summed E-state index contributed by atoms with van der Waals surface area (Å²) in [5.41, 5.74) is 0. The highest BCUT2D eigenvalue weighted by atomic mass is 35.5. The molecule has 0 atom stereocenters. The number of methoxy groups -OCH3 is 1. The monoisotopic (exact) mass is 435 g/mol. The first-order valence-electron chi connectivity index (χ1n) is 9.04. The van der Waals surface area contributed by atoms with Gasteiger partial charge in [0.15, 0.2) is 0 Å². The number of furan rings is 1. The van der Waals surface area contributed by atoms with Crippen LogP contribution in [0.25, 0.3) is 0 Å². The maximum Gasteiger partial charge on any atom is 0.243 e. The highest BCUT2D eigenvalue weighted by Crippen LogP contribution is 2.22. The number of nitrogens with zero attached hydrogens (tertiary/aromatic N) is 1. The lowest BCUT2D eigenvalue weighted by molar-refractivity contribution is 0.280. The zero-order chi connectivity index (χ0) is 20.7. The van der Waals surface area contributed by atoms with Gasteiger partial charge in [-0.05, 0) is 67.1 Å². The van der Waals surface area contributed by atoms with Crippen molar-refractivity contribution in [3.8, 4) is 11.5 Å². The van der Waals surface area contributed by atoms with Gasteiger partial charge in [-0.2, -0.15) is 4.31 Å². The first kappa shape index (κ1) is 21.2. The summed E-state index contributed by atoms with van der Waals surface area (Å²) in [5.74, 6) is 1.85. The molecule has 8 heteroatoms. The second kappa shape index (κ2) is 9.82. The molecule has 0 fully saturated rings. The number of hydrogen-bond acceptors (Lipinski definition) is 5.